The van der Waals surface area contributed by atoms with Crippen molar-refractivity contribution in [3.05, 3.63) is 0 Å². The standard InChI is InChI=1S/C6H5F7O/c1-3(2-14-3)4(7,8)5(9,10)6(11,12)13/h2H2,1H3. The molecule has 0 saturated carbocycles. The lowest BCUT2D eigenvalue weighted by Gasteiger charge is -2.30. The molecular formula is C6H5F7O. The van der Waals surface area contributed by atoms with Crippen LogP contribution in [0.15, 0.2) is 0 Å². The van der Waals surface area contributed by atoms with Crippen molar-refractivity contribution in [2.45, 2.75) is 30.5 Å². The molecule has 1 rings (SSSR count). The lowest BCUT2D eigenvalue weighted by atomic mass is 9.98. The summed E-state index contributed by atoms with van der Waals surface area (Å²) in [4.78, 5) is 0. The summed E-state index contributed by atoms with van der Waals surface area (Å²) < 4.78 is 88.6. The van der Waals surface area contributed by atoms with Crippen LogP contribution in [0.1, 0.15) is 6.92 Å². The summed E-state index contributed by atoms with van der Waals surface area (Å²) in [6, 6.07) is 0. The largest absolute Gasteiger partial charge is 0.459 e. The number of halogens is 7. The van der Waals surface area contributed by atoms with Crippen LogP contribution < -0.4 is 0 Å². The van der Waals surface area contributed by atoms with Gasteiger partial charge in [-0.3, -0.25) is 0 Å². The molecule has 1 nitrogen and oxygen atoms in total. The Labute approximate surface area is 73.8 Å². The minimum absolute atomic E-state index is 0.507. The monoisotopic (exact) mass is 226 g/mol. The summed E-state index contributed by atoms with van der Waals surface area (Å²) in [7, 11) is 0. The molecule has 8 heteroatoms. The maximum atomic E-state index is 12.7. The minimum atomic E-state index is -6.29. The van der Waals surface area contributed by atoms with Crippen molar-refractivity contribution >= 4 is 0 Å². The van der Waals surface area contributed by atoms with Gasteiger partial charge in [0.25, 0.3) is 0 Å². The molecule has 0 aromatic carbocycles. The summed E-state index contributed by atoms with van der Waals surface area (Å²) in [6.45, 7) is -0.307. The van der Waals surface area contributed by atoms with Crippen LogP contribution in [0, 0.1) is 0 Å². The van der Waals surface area contributed by atoms with E-state index in [1.807, 2.05) is 0 Å². The van der Waals surface area contributed by atoms with Crippen LogP contribution in [0.5, 0.6) is 0 Å². The van der Waals surface area contributed by atoms with Crippen molar-refractivity contribution in [1.82, 2.24) is 0 Å². The molecule has 1 saturated heterocycles. The first kappa shape index (κ1) is 11.5. The zero-order chi connectivity index (χ0) is 11.4. The van der Waals surface area contributed by atoms with Crippen molar-refractivity contribution in [2.75, 3.05) is 6.61 Å². The zero-order valence-electron chi connectivity index (χ0n) is 6.76. The SMILES string of the molecule is CC1(C(F)(F)C(F)(F)C(F)(F)F)CO1. The van der Waals surface area contributed by atoms with E-state index >= 15 is 0 Å². The number of alkyl halides is 7. The van der Waals surface area contributed by atoms with Gasteiger partial charge < -0.3 is 4.74 Å². The van der Waals surface area contributed by atoms with Gasteiger partial charge in [0, 0.05) is 0 Å². The number of ether oxygens (including phenoxy) is 1. The van der Waals surface area contributed by atoms with Crippen molar-refractivity contribution in [3.8, 4) is 0 Å². The lowest BCUT2D eigenvalue weighted by molar-refractivity contribution is -0.365. The fourth-order valence-corrected chi connectivity index (χ4v) is 0.800. The van der Waals surface area contributed by atoms with Crippen molar-refractivity contribution < 1.29 is 35.5 Å². The number of epoxide rings is 1. The molecule has 0 aromatic heterocycles. The molecule has 0 spiro atoms. The average molecular weight is 226 g/mol. The molecule has 84 valence electrons. The summed E-state index contributed by atoms with van der Waals surface area (Å²) in [6.07, 6.45) is -6.29. The zero-order valence-corrected chi connectivity index (χ0v) is 6.76. The van der Waals surface area contributed by atoms with Gasteiger partial charge in [0.15, 0.2) is 5.60 Å². The topological polar surface area (TPSA) is 12.5 Å². The van der Waals surface area contributed by atoms with Gasteiger partial charge in [-0.2, -0.15) is 30.7 Å². The average Bonchev–Trinajstić information content (AvgIpc) is 2.66. The number of hydrogen-bond acceptors (Lipinski definition) is 1. The number of hydrogen-bond donors (Lipinski definition) is 0. The van der Waals surface area contributed by atoms with E-state index in [-0.39, 0.29) is 0 Å². The molecule has 1 aliphatic rings. The second-order valence-electron chi connectivity index (χ2n) is 3.17. The smallest absolute Gasteiger partial charge is 0.363 e. The van der Waals surface area contributed by atoms with Crippen molar-refractivity contribution in [1.29, 1.82) is 0 Å². The van der Waals surface area contributed by atoms with Crippen LogP contribution >= 0.6 is 0 Å². The van der Waals surface area contributed by atoms with Gasteiger partial charge in [0.05, 0.1) is 6.61 Å². The Hall–Kier alpha value is -0.530. The normalized spacial score (nSPS) is 29.1. The highest BCUT2D eigenvalue weighted by Gasteiger charge is 2.82. The first-order valence-electron chi connectivity index (χ1n) is 3.42. The van der Waals surface area contributed by atoms with Gasteiger partial charge in [0.1, 0.15) is 0 Å². The molecule has 0 radical (unpaired) electrons. The first-order valence-corrected chi connectivity index (χ1v) is 3.42. The van der Waals surface area contributed by atoms with Gasteiger partial charge in [0.2, 0.25) is 0 Å². The maximum Gasteiger partial charge on any atom is 0.459 e. The van der Waals surface area contributed by atoms with Gasteiger partial charge in [-0.05, 0) is 6.92 Å². The van der Waals surface area contributed by atoms with Crippen LogP contribution in [-0.4, -0.2) is 30.2 Å². The fraction of sp³-hybridized carbons (Fsp3) is 1.00. The van der Waals surface area contributed by atoms with Gasteiger partial charge in [-0.1, -0.05) is 0 Å². The molecule has 0 aromatic rings. The maximum absolute atomic E-state index is 12.7. The second kappa shape index (κ2) is 2.53. The third-order valence-corrected chi connectivity index (χ3v) is 1.99. The summed E-state index contributed by atoms with van der Waals surface area (Å²) in [5.74, 6) is -11.3. The van der Waals surface area contributed by atoms with Gasteiger partial charge >= 0.3 is 18.0 Å². The summed E-state index contributed by atoms with van der Waals surface area (Å²) >= 11 is 0. The molecule has 1 heterocycles. The van der Waals surface area contributed by atoms with Gasteiger partial charge in [-0.25, -0.2) is 0 Å². The minimum Gasteiger partial charge on any atom is -0.363 e. The van der Waals surface area contributed by atoms with E-state index in [1.54, 1.807) is 0 Å². The highest BCUT2D eigenvalue weighted by atomic mass is 19.4. The van der Waals surface area contributed by atoms with Crippen LogP contribution in [0.2, 0.25) is 0 Å². The van der Waals surface area contributed by atoms with E-state index in [0.29, 0.717) is 6.92 Å². The van der Waals surface area contributed by atoms with E-state index in [4.69, 9.17) is 0 Å². The van der Waals surface area contributed by atoms with E-state index < -0.39 is 30.2 Å². The molecular weight excluding hydrogens is 221 g/mol. The van der Waals surface area contributed by atoms with Crippen LogP contribution in [0.25, 0.3) is 0 Å². The van der Waals surface area contributed by atoms with E-state index in [9.17, 15) is 30.7 Å². The highest BCUT2D eigenvalue weighted by Crippen LogP contribution is 2.56. The van der Waals surface area contributed by atoms with Crippen LogP contribution in [-0.2, 0) is 4.74 Å². The van der Waals surface area contributed by atoms with Crippen molar-refractivity contribution in [2.24, 2.45) is 0 Å². The van der Waals surface area contributed by atoms with Crippen molar-refractivity contribution in [3.63, 3.8) is 0 Å². The Morgan fingerprint density at radius 2 is 1.36 bits per heavy atom. The fourth-order valence-electron chi connectivity index (χ4n) is 0.800. The van der Waals surface area contributed by atoms with E-state index in [0.717, 1.165) is 0 Å². The molecule has 1 aliphatic heterocycles. The summed E-state index contributed by atoms with van der Waals surface area (Å²) in [5, 5.41) is 0. The Balaban J connectivity index is 3.03. The highest BCUT2D eigenvalue weighted by molar-refractivity contribution is 5.09. The molecule has 0 bridgehead atoms. The predicted octanol–water partition coefficient (Wildman–Crippen LogP) is 2.61. The molecule has 0 N–H and O–H groups in total. The Morgan fingerprint density at radius 3 is 1.57 bits per heavy atom. The van der Waals surface area contributed by atoms with Crippen LogP contribution in [0.4, 0.5) is 30.7 Å². The summed E-state index contributed by atoms with van der Waals surface area (Å²) in [5.41, 5.74) is -2.72. The molecule has 14 heavy (non-hydrogen) atoms. The Bertz CT molecular complexity index is 224. The predicted molar refractivity (Wildman–Crippen MR) is 30.3 cm³/mol. The molecule has 0 aliphatic carbocycles. The number of rotatable bonds is 2. The Morgan fingerprint density at radius 1 is 1.00 bits per heavy atom. The second-order valence-corrected chi connectivity index (χ2v) is 3.17. The Kier molecular flexibility index (Phi) is 2.09. The molecule has 0 amide bonds. The molecule has 1 unspecified atom stereocenters. The molecule has 1 atom stereocenters. The molecule has 1 fully saturated rings. The van der Waals surface area contributed by atoms with Crippen LogP contribution in [0.3, 0.4) is 0 Å². The van der Waals surface area contributed by atoms with Gasteiger partial charge in [-0.15, -0.1) is 0 Å². The lowest BCUT2D eigenvalue weighted by Crippen LogP contribution is -2.58. The first-order chi connectivity index (χ1) is 5.96. The van der Waals surface area contributed by atoms with E-state index in [2.05, 4.69) is 4.74 Å². The van der Waals surface area contributed by atoms with E-state index in [1.165, 1.54) is 0 Å². The quantitative estimate of drug-likeness (QED) is 0.520. The third kappa shape index (κ3) is 1.27. The third-order valence-electron chi connectivity index (χ3n) is 1.99.